The number of nitrogens with zero attached hydrogens (tertiary/aromatic N) is 4. The van der Waals surface area contributed by atoms with Crippen molar-refractivity contribution in [1.82, 2.24) is 14.7 Å². The summed E-state index contributed by atoms with van der Waals surface area (Å²) in [5.41, 5.74) is 0.705. The molecular formula is C8H14N4. The Labute approximate surface area is 73.3 Å². The van der Waals surface area contributed by atoms with Crippen molar-refractivity contribution in [1.29, 1.82) is 5.26 Å². The fourth-order valence-corrected chi connectivity index (χ4v) is 1.57. The molecule has 1 unspecified atom stereocenters. The molecule has 12 heavy (non-hydrogen) atoms. The normalized spacial score (nSPS) is 23.0. The van der Waals surface area contributed by atoms with Gasteiger partial charge in [0.15, 0.2) is 6.29 Å². The lowest BCUT2D eigenvalue weighted by molar-refractivity contribution is 0.0560. The Morgan fingerprint density at radius 3 is 2.33 bits per heavy atom. The Kier molecular flexibility index (Phi) is 2.25. The Morgan fingerprint density at radius 1 is 1.50 bits per heavy atom. The van der Waals surface area contributed by atoms with Gasteiger partial charge >= 0.3 is 0 Å². The zero-order valence-corrected chi connectivity index (χ0v) is 7.94. The second-order valence-electron chi connectivity index (χ2n) is 3.21. The van der Waals surface area contributed by atoms with Crippen LogP contribution in [-0.2, 0) is 0 Å². The van der Waals surface area contributed by atoms with E-state index >= 15 is 0 Å². The highest BCUT2D eigenvalue weighted by Gasteiger charge is 2.28. The lowest BCUT2D eigenvalue weighted by Crippen LogP contribution is -2.46. The molecule has 1 rings (SSSR count). The van der Waals surface area contributed by atoms with Crippen LogP contribution in [0.2, 0.25) is 0 Å². The summed E-state index contributed by atoms with van der Waals surface area (Å²) in [4.78, 5) is 6.01. The fraction of sp³-hybridized carbons (Fsp3) is 0.625. The summed E-state index contributed by atoms with van der Waals surface area (Å²) in [6, 6.07) is 2.15. The molecule has 0 aromatic carbocycles. The number of hydrogen-bond acceptors (Lipinski definition) is 4. The van der Waals surface area contributed by atoms with Gasteiger partial charge in [0, 0.05) is 20.3 Å². The highest BCUT2D eigenvalue weighted by Crippen LogP contribution is 2.19. The van der Waals surface area contributed by atoms with Gasteiger partial charge in [0.25, 0.3) is 0 Å². The van der Waals surface area contributed by atoms with Crippen LogP contribution in [-0.4, -0.2) is 49.2 Å². The summed E-state index contributed by atoms with van der Waals surface area (Å²) in [7, 11) is 7.87. The third kappa shape index (κ3) is 1.23. The average molecular weight is 166 g/mol. The van der Waals surface area contributed by atoms with Crippen LogP contribution in [0.5, 0.6) is 0 Å². The molecule has 4 heteroatoms. The monoisotopic (exact) mass is 166 g/mol. The van der Waals surface area contributed by atoms with Crippen molar-refractivity contribution in [3.8, 4) is 6.07 Å². The van der Waals surface area contributed by atoms with Gasteiger partial charge in [-0.15, -0.1) is 0 Å². The van der Waals surface area contributed by atoms with Gasteiger partial charge < -0.3 is 9.80 Å². The van der Waals surface area contributed by atoms with Gasteiger partial charge in [-0.2, -0.15) is 5.26 Å². The maximum atomic E-state index is 8.75. The molecule has 1 atom stereocenters. The minimum Gasteiger partial charge on any atom is -0.345 e. The third-order valence-electron chi connectivity index (χ3n) is 1.99. The van der Waals surface area contributed by atoms with Gasteiger partial charge in [-0.1, -0.05) is 0 Å². The minimum atomic E-state index is 0.166. The minimum absolute atomic E-state index is 0.166. The first-order chi connectivity index (χ1) is 5.57. The smallest absolute Gasteiger partial charge is 0.159 e. The second kappa shape index (κ2) is 3.03. The summed E-state index contributed by atoms with van der Waals surface area (Å²) in [5, 5.41) is 8.75. The average Bonchev–Trinajstić information content (AvgIpc) is 2.25. The Bertz CT molecular complexity index is 238. The summed E-state index contributed by atoms with van der Waals surface area (Å²) >= 11 is 0. The van der Waals surface area contributed by atoms with E-state index < -0.39 is 0 Å². The highest BCUT2D eigenvalue weighted by molar-refractivity contribution is 5.22. The van der Waals surface area contributed by atoms with E-state index in [2.05, 4.69) is 11.0 Å². The number of allylic oxidation sites excluding steroid dienone is 1. The van der Waals surface area contributed by atoms with Gasteiger partial charge in [-0.05, 0) is 14.1 Å². The van der Waals surface area contributed by atoms with Gasteiger partial charge in [-0.3, -0.25) is 4.90 Å². The SMILES string of the molecule is CN(C)C1N(C)C=C(C#N)N1C. The van der Waals surface area contributed by atoms with Crippen molar-refractivity contribution in [2.24, 2.45) is 0 Å². The fourth-order valence-electron chi connectivity index (χ4n) is 1.57. The van der Waals surface area contributed by atoms with Crippen LogP contribution in [0.1, 0.15) is 0 Å². The first-order valence-electron chi connectivity index (χ1n) is 3.81. The first kappa shape index (κ1) is 8.88. The van der Waals surface area contributed by atoms with Gasteiger partial charge in [0.05, 0.1) is 0 Å². The van der Waals surface area contributed by atoms with Crippen LogP contribution in [0.25, 0.3) is 0 Å². The number of rotatable bonds is 1. The Hall–Kier alpha value is -1.21. The van der Waals surface area contributed by atoms with Crippen LogP contribution in [0.15, 0.2) is 11.9 Å². The van der Waals surface area contributed by atoms with Crippen molar-refractivity contribution in [2.45, 2.75) is 6.29 Å². The van der Waals surface area contributed by atoms with Crippen LogP contribution < -0.4 is 0 Å². The van der Waals surface area contributed by atoms with Gasteiger partial charge in [0.2, 0.25) is 0 Å². The molecule has 0 bridgehead atoms. The second-order valence-corrected chi connectivity index (χ2v) is 3.21. The van der Waals surface area contributed by atoms with Crippen molar-refractivity contribution >= 4 is 0 Å². The standard InChI is InChI=1S/C8H14N4/c1-10(2)8-11(3)6-7(5-9)12(8)4/h6,8H,1-4H3. The zero-order chi connectivity index (χ0) is 9.30. The molecule has 4 nitrogen and oxygen atoms in total. The Balaban J connectivity index is 2.81. The molecule has 0 amide bonds. The molecule has 1 aliphatic heterocycles. The molecule has 0 saturated heterocycles. The maximum absolute atomic E-state index is 8.75. The topological polar surface area (TPSA) is 33.5 Å². The van der Waals surface area contributed by atoms with E-state index in [0.29, 0.717) is 5.70 Å². The molecular weight excluding hydrogens is 152 g/mol. The third-order valence-corrected chi connectivity index (χ3v) is 1.99. The molecule has 1 aliphatic rings. The van der Waals surface area contributed by atoms with Crippen molar-refractivity contribution in [3.05, 3.63) is 11.9 Å². The molecule has 66 valence electrons. The van der Waals surface area contributed by atoms with E-state index in [-0.39, 0.29) is 6.29 Å². The van der Waals surface area contributed by atoms with Crippen LogP contribution >= 0.6 is 0 Å². The van der Waals surface area contributed by atoms with E-state index in [0.717, 1.165) is 0 Å². The zero-order valence-electron chi connectivity index (χ0n) is 7.94. The quantitative estimate of drug-likeness (QED) is 0.552. The predicted octanol–water partition coefficient (Wildman–Crippen LogP) is 0.0738. The molecule has 0 aliphatic carbocycles. The van der Waals surface area contributed by atoms with Crippen LogP contribution in [0.4, 0.5) is 0 Å². The van der Waals surface area contributed by atoms with E-state index in [1.54, 1.807) is 0 Å². The van der Waals surface area contributed by atoms with Gasteiger partial charge in [0.1, 0.15) is 11.8 Å². The highest BCUT2D eigenvalue weighted by atomic mass is 15.5. The molecule has 0 aromatic heterocycles. The lowest BCUT2D eigenvalue weighted by atomic mass is 10.5. The molecule has 1 heterocycles. The number of hydrogen-bond donors (Lipinski definition) is 0. The molecule has 0 saturated carbocycles. The van der Waals surface area contributed by atoms with Crippen molar-refractivity contribution in [2.75, 3.05) is 28.2 Å². The molecule has 0 aromatic rings. The summed E-state index contributed by atoms with van der Waals surface area (Å²) in [5.74, 6) is 0. The van der Waals surface area contributed by atoms with Crippen molar-refractivity contribution < 1.29 is 0 Å². The largest absolute Gasteiger partial charge is 0.345 e. The predicted molar refractivity (Wildman–Crippen MR) is 46.7 cm³/mol. The van der Waals surface area contributed by atoms with Crippen molar-refractivity contribution in [3.63, 3.8) is 0 Å². The summed E-state index contributed by atoms with van der Waals surface area (Å²) in [6.07, 6.45) is 2.02. The van der Waals surface area contributed by atoms with Crippen LogP contribution in [0.3, 0.4) is 0 Å². The first-order valence-corrected chi connectivity index (χ1v) is 3.81. The Morgan fingerprint density at radius 2 is 2.08 bits per heavy atom. The van der Waals surface area contributed by atoms with Gasteiger partial charge in [-0.25, -0.2) is 0 Å². The molecule has 0 spiro atoms. The summed E-state index contributed by atoms with van der Waals surface area (Å²) < 4.78 is 0. The molecule has 0 N–H and O–H groups in total. The van der Waals surface area contributed by atoms with Crippen LogP contribution in [0, 0.1) is 11.3 Å². The van der Waals surface area contributed by atoms with E-state index in [9.17, 15) is 0 Å². The lowest BCUT2D eigenvalue weighted by Gasteiger charge is -2.33. The van der Waals surface area contributed by atoms with E-state index in [4.69, 9.17) is 5.26 Å². The number of nitriles is 1. The molecule has 0 fully saturated rings. The molecule has 0 radical (unpaired) electrons. The maximum Gasteiger partial charge on any atom is 0.159 e. The summed E-state index contributed by atoms with van der Waals surface area (Å²) in [6.45, 7) is 0. The van der Waals surface area contributed by atoms with E-state index in [1.165, 1.54) is 0 Å². The van der Waals surface area contributed by atoms with E-state index in [1.807, 2.05) is 44.2 Å².